The number of H-pyrrole nitrogens is 1. The molecule has 28 heavy (non-hydrogen) atoms. The summed E-state index contributed by atoms with van der Waals surface area (Å²) in [4.78, 5) is 43.2. The number of carbonyl (C=O) groups is 3. The van der Waals surface area contributed by atoms with Crippen LogP contribution in [0.15, 0.2) is 59.3 Å². The molecule has 7 nitrogen and oxygen atoms in total. The molecule has 3 rings (SSSR count). The lowest BCUT2D eigenvalue weighted by Gasteiger charge is -2.09. The summed E-state index contributed by atoms with van der Waals surface area (Å²) < 4.78 is 0.702. The van der Waals surface area contributed by atoms with Gasteiger partial charge in [-0.1, -0.05) is 19.1 Å². The second-order valence-electron chi connectivity index (χ2n) is 5.87. The van der Waals surface area contributed by atoms with Crippen LogP contribution in [0.3, 0.4) is 0 Å². The fourth-order valence-electron chi connectivity index (χ4n) is 2.52. The number of nitrogens with zero attached hydrogens (tertiary/aromatic N) is 1. The molecular formula is C20H17BrN4O3. The minimum Gasteiger partial charge on any atom is -0.340 e. The van der Waals surface area contributed by atoms with Gasteiger partial charge in [0.15, 0.2) is 5.78 Å². The van der Waals surface area contributed by atoms with E-state index in [1.165, 1.54) is 6.33 Å². The zero-order chi connectivity index (χ0) is 20.1. The van der Waals surface area contributed by atoms with Crippen molar-refractivity contribution in [3.8, 4) is 0 Å². The molecule has 0 aliphatic heterocycles. The maximum Gasteiger partial charge on any atom is 0.274 e. The fourth-order valence-corrected chi connectivity index (χ4v) is 2.99. The summed E-state index contributed by atoms with van der Waals surface area (Å²) in [5.41, 5.74) is 1.87. The third-order valence-electron chi connectivity index (χ3n) is 3.97. The number of Topliss-reactive ketones (excluding diaryl/α,β-unsaturated/α-hetero) is 1. The van der Waals surface area contributed by atoms with Gasteiger partial charge in [-0.05, 0) is 52.3 Å². The first kappa shape index (κ1) is 19.5. The van der Waals surface area contributed by atoms with Gasteiger partial charge in [0.05, 0.1) is 11.9 Å². The first-order valence-corrected chi connectivity index (χ1v) is 9.32. The summed E-state index contributed by atoms with van der Waals surface area (Å²) >= 11 is 3.35. The van der Waals surface area contributed by atoms with Gasteiger partial charge in [-0.15, -0.1) is 0 Å². The number of rotatable bonds is 6. The highest BCUT2D eigenvalue weighted by Crippen LogP contribution is 2.19. The Labute approximate surface area is 169 Å². The van der Waals surface area contributed by atoms with Crippen LogP contribution in [0, 0.1) is 0 Å². The number of aromatic amines is 1. The maximum atomic E-state index is 12.4. The molecule has 0 aliphatic carbocycles. The number of imidazole rings is 1. The van der Waals surface area contributed by atoms with Crippen molar-refractivity contribution in [2.24, 2.45) is 0 Å². The largest absolute Gasteiger partial charge is 0.340 e. The molecular weight excluding hydrogens is 424 g/mol. The second-order valence-corrected chi connectivity index (χ2v) is 6.72. The van der Waals surface area contributed by atoms with Crippen molar-refractivity contribution >= 4 is 44.9 Å². The topological polar surface area (TPSA) is 104 Å². The van der Waals surface area contributed by atoms with Crippen LogP contribution in [0.1, 0.15) is 44.7 Å². The summed E-state index contributed by atoms with van der Waals surface area (Å²) in [5, 5.41) is 5.50. The first-order chi connectivity index (χ1) is 13.5. The number of nitrogens with one attached hydrogen (secondary N) is 3. The molecule has 142 valence electrons. The molecule has 8 heteroatoms. The van der Waals surface area contributed by atoms with E-state index in [-0.39, 0.29) is 29.5 Å². The summed E-state index contributed by atoms with van der Waals surface area (Å²) in [6, 6.07) is 13.8. The average molecular weight is 441 g/mol. The predicted octanol–water partition coefficient (Wildman–Crippen LogP) is 4.27. The van der Waals surface area contributed by atoms with Gasteiger partial charge >= 0.3 is 0 Å². The van der Waals surface area contributed by atoms with Gasteiger partial charge in [-0.2, -0.15) is 0 Å². The van der Waals surface area contributed by atoms with Crippen LogP contribution in [-0.2, 0) is 0 Å². The van der Waals surface area contributed by atoms with Gasteiger partial charge in [0.25, 0.3) is 11.8 Å². The van der Waals surface area contributed by atoms with Gasteiger partial charge in [0.1, 0.15) is 11.4 Å². The van der Waals surface area contributed by atoms with Crippen LogP contribution in [0.5, 0.6) is 0 Å². The molecule has 1 aromatic heterocycles. The average Bonchev–Trinajstić information content (AvgIpc) is 3.19. The molecule has 3 N–H and O–H groups in total. The summed E-state index contributed by atoms with van der Waals surface area (Å²) in [5.74, 6) is -0.916. The summed E-state index contributed by atoms with van der Waals surface area (Å²) in [6.07, 6.45) is 1.58. The van der Waals surface area contributed by atoms with Gasteiger partial charge in [-0.25, -0.2) is 4.98 Å². The molecule has 0 atom stereocenters. The van der Waals surface area contributed by atoms with Crippen LogP contribution in [0.4, 0.5) is 11.4 Å². The van der Waals surface area contributed by atoms with E-state index in [9.17, 15) is 14.4 Å². The van der Waals surface area contributed by atoms with Crippen molar-refractivity contribution in [2.45, 2.75) is 13.3 Å². The van der Waals surface area contributed by atoms with Crippen molar-refractivity contribution in [3.63, 3.8) is 0 Å². The normalized spacial score (nSPS) is 10.4. The smallest absolute Gasteiger partial charge is 0.274 e. The van der Waals surface area contributed by atoms with Crippen molar-refractivity contribution in [1.82, 2.24) is 9.97 Å². The van der Waals surface area contributed by atoms with Crippen LogP contribution in [0.2, 0.25) is 0 Å². The van der Waals surface area contributed by atoms with Crippen LogP contribution < -0.4 is 10.6 Å². The van der Waals surface area contributed by atoms with Crippen molar-refractivity contribution in [2.75, 3.05) is 10.6 Å². The minimum absolute atomic E-state index is 0.123. The zero-order valence-corrected chi connectivity index (χ0v) is 16.5. The third-order valence-corrected chi connectivity index (χ3v) is 4.66. The Morgan fingerprint density at radius 2 is 1.57 bits per heavy atom. The Kier molecular flexibility index (Phi) is 6.00. The lowest BCUT2D eigenvalue weighted by atomic mass is 10.2. The maximum absolute atomic E-state index is 12.4. The van der Waals surface area contributed by atoms with Crippen LogP contribution >= 0.6 is 15.9 Å². The number of anilines is 2. The molecule has 0 saturated carbocycles. The van der Waals surface area contributed by atoms with E-state index in [0.29, 0.717) is 21.4 Å². The molecule has 0 radical (unpaired) electrons. The predicted molar refractivity (Wildman–Crippen MR) is 110 cm³/mol. The number of ketones is 1. The quantitative estimate of drug-likeness (QED) is 0.497. The zero-order valence-electron chi connectivity index (χ0n) is 15.0. The highest BCUT2D eigenvalue weighted by molar-refractivity contribution is 9.10. The summed E-state index contributed by atoms with van der Waals surface area (Å²) in [6.45, 7) is 1.71. The van der Waals surface area contributed by atoms with E-state index in [1.54, 1.807) is 49.4 Å². The minimum atomic E-state index is -0.459. The molecule has 2 amide bonds. The Morgan fingerprint density at radius 3 is 2.18 bits per heavy atom. The molecule has 2 aromatic carbocycles. The number of halogens is 1. The SMILES string of the molecule is CCC(=O)c1nc[nH]c1C(=O)Nc1ccc(NC(=O)c2ccccc2Br)cc1. The van der Waals surface area contributed by atoms with Gasteiger partial charge < -0.3 is 15.6 Å². The monoisotopic (exact) mass is 440 g/mol. The number of aromatic nitrogens is 2. The van der Waals surface area contributed by atoms with Gasteiger partial charge in [0, 0.05) is 22.3 Å². The van der Waals surface area contributed by atoms with Crippen LogP contribution in [0.25, 0.3) is 0 Å². The van der Waals surface area contributed by atoms with E-state index >= 15 is 0 Å². The second kappa shape index (κ2) is 8.62. The van der Waals surface area contributed by atoms with Crippen molar-refractivity contribution in [3.05, 3.63) is 76.3 Å². The summed E-state index contributed by atoms with van der Waals surface area (Å²) in [7, 11) is 0. The molecule has 0 fully saturated rings. The van der Waals surface area contributed by atoms with E-state index < -0.39 is 5.91 Å². The standard InChI is InChI=1S/C20H17BrN4O3/c1-2-16(26)17-18(23-11-22-17)20(28)25-13-9-7-12(8-10-13)24-19(27)14-5-3-4-6-15(14)21/h3-11H,2H2,1H3,(H,22,23)(H,24,27)(H,25,28). The van der Waals surface area contributed by atoms with Gasteiger partial charge in [0.2, 0.25) is 0 Å². The number of hydrogen-bond acceptors (Lipinski definition) is 4. The number of hydrogen-bond donors (Lipinski definition) is 3. The highest BCUT2D eigenvalue weighted by atomic mass is 79.9. The lowest BCUT2D eigenvalue weighted by molar-refractivity contribution is 0.0963. The molecule has 0 unspecified atom stereocenters. The van der Waals surface area contributed by atoms with E-state index in [0.717, 1.165) is 0 Å². The molecule has 0 aliphatic rings. The Morgan fingerprint density at radius 1 is 0.964 bits per heavy atom. The first-order valence-electron chi connectivity index (χ1n) is 8.53. The lowest BCUT2D eigenvalue weighted by Crippen LogP contribution is -2.16. The van der Waals surface area contributed by atoms with Crippen molar-refractivity contribution < 1.29 is 14.4 Å². The molecule has 3 aromatic rings. The van der Waals surface area contributed by atoms with E-state index in [1.807, 2.05) is 6.07 Å². The number of amides is 2. The molecule has 0 bridgehead atoms. The van der Waals surface area contributed by atoms with Crippen molar-refractivity contribution in [1.29, 1.82) is 0 Å². The molecule has 0 saturated heterocycles. The Bertz CT molecular complexity index is 1030. The molecule has 1 heterocycles. The Balaban J connectivity index is 1.67. The molecule has 0 spiro atoms. The van der Waals surface area contributed by atoms with E-state index in [2.05, 4.69) is 36.5 Å². The fraction of sp³-hybridized carbons (Fsp3) is 0.100. The highest BCUT2D eigenvalue weighted by Gasteiger charge is 2.19. The van der Waals surface area contributed by atoms with Crippen LogP contribution in [-0.4, -0.2) is 27.6 Å². The van der Waals surface area contributed by atoms with Gasteiger partial charge in [-0.3, -0.25) is 14.4 Å². The number of carbonyl (C=O) groups excluding carboxylic acids is 3. The Hall–Kier alpha value is -3.26. The third kappa shape index (κ3) is 4.34. The van der Waals surface area contributed by atoms with E-state index in [4.69, 9.17) is 0 Å². The number of benzene rings is 2.